The number of aromatic nitrogens is 2. The van der Waals surface area contributed by atoms with Gasteiger partial charge in [0, 0.05) is 16.5 Å². The number of halogens is 2. The lowest BCUT2D eigenvalue weighted by Gasteiger charge is -2.31. The zero-order valence-corrected chi connectivity index (χ0v) is 23.0. The van der Waals surface area contributed by atoms with E-state index in [1.54, 1.807) is 18.2 Å². The molecule has 0 saturated carbocycles. The van der Waals surface area contributed by atoms with Crippen LogP contribution >= 0.6 is 23.2 Å². The summed E-state index contributed by atoms with van der Waals surface area (Å²) in [6, 6.07) is 21.6. The summed E-state index contributed by atoms with van der Waals surface area (Å²) in [6.45, 7) is 6.27. The Hall–Kier alpha value is -3.19. The number of likely N-dealkylation sites (tertiary alicyclic amines) is 1. The van der Waals surface area contributed by atoms with E-state index < -0.39 is 0 Å². The molecule has 196 valence electrons. The first-order valence-corrected chi connectivity index (χ1v) is 13.6. The van der Waals surface area contributed by atoms with Gasteiger partial charge in [0.05, 0.1) is 17.6 Å². The molecule has 1 aromatic heterocycles. The van der Waals surface area contributed by atoms with E-state index in [0.29, 0.717) is 33.9 Å². The summed E-state index contributed by atoms with van der Waals surface area (Å²) in [4.78, 5) is 20.2. The number of nitrogens with one attached hydrogen (secondary N) is 1. The minimum atomic E-state index is -0.182. The van der Waals surface area contributed by atoms with Crippen LogP contribution in [0.5, 0.6) is 0 Å². The monoisotopic (exact) mass is 548 g/mol. The van der Waals surface area contributed by atoms with Crippen molar-refractivity contribution in [2.75, 3.05) is 13.1 Å². The third-order valence-corrected chi connectivity index (χ3v) is 7.66. The Morgan fingerprint density at radius 1 is 1.05 bits per heavy atom. The zero-order chi connectivity index (χ0) is 26.6. The number of hydrogen-bond acceptors (Lipinski definition) is 5. The van der Waals surface area contributed by atoms with Crippen molar-refractivity contribution in [1.82, 2.24) is 20.4 Å². The topological polar surface area (TPSA) is 71.3 Å². The number of hydrogen-bond donors (Lipinski definition) is 1. The largest absolute Gasteiger partial charge is 0.345 e. The third-order valence-electron chi connectivity index (χ3n) is 7.11. The lowest BCUT2D eigenvalue weighted by molar-refractivity contribution is -0.127. The van der Waals surface area contributed by atoms with Crippen LogP contribution in [0.3, 0.4) is 0 Å². The molecule has 1 aliphatic heterocycles. The van der Waals surface area contributed by atoms with Gasteiger partial charge in [-0.2, -0.15) is 4.98 Å². The number of amides is 1. The van der Waals surface area contributed by atoms with Crippen molar-refractivity contribution in [3.8, 4) is 11.4 Å². The van der Waals surface area contributed by atoms with Gasteiger partial charge in [0.15, 0.2) is 0 Å². The number of aryl methyl sites for hydroxylation is 2. The van der Waals surface area contributed by atoms with Gasteiger partial charge >= 0.3 is 0 Å². The quantitative estimate of drug-likeness (QED) is 0.275. The van der Waals surface area contributed by atoms with Gasteiger partial charge in [0.2, 0.25) is 17.6 Å². The van der Waals surface area contributed by atoms with Gasteiger partial charge in [-0.3, -0.25) is 9.69 Å². The van der Waals surface area contributed by atoms with Crippen molar-refractivity contribution in [3.05, 3.63) is 105 Å². The van der Waals surface area contributed by atoms with Crippen LogP contribution in [0, 0.1) is 19.8 Å². The molecule has 4 aromatic rings. The van der Waals surface area contributed by atoms with Gasteiger partial charge in [0.1, 0.15) is 0 Å². The van der Waals surface area contributed by atoms with Crippen LogP contribution in [0.1, 0.15) is 47.0 Å². The Labute approximate surface area is 233 Å². The Morgan fingerprint density at radius 3 is 2.53 bits per heavy atom. The fourth-order valence-electron chi connectivity index (χ4n) is 5.04. The molecule has 5 rings (SSSR count). The summed E-state index contributed by atoms with van der Waals surface area (Å²) in [5.74, 6) is 1.01. The summed E-state index contributed by atoms with van der Waals surface area (Å²) in [7, 11) is 0. The minimum Gasteiger partial charge on any atom is -0.345 e. The fraction of sp³-hybridized carbons (Fsp3) is 0.300. The van der Waals surface area contributed by atoms with Crippen molar-refractivity contribution >= 4 is 29.1 Å². The fourth-order valence-corrected chi connectivity index (χ4v) is 5.53. The summed E-state index contributed by atoms with van der Waals surface area (Å²) in [5.41, 5.74) is 5.27. The average molecular weight is 550 g/mol. The molecule has 0 bridgehead atoms. The maximum Gasteiger partial charge on any atom is 0.241 e. The predicted octanol–water partition coefficient (Wildman–Crippen LogP) is 6.78. The Kier molecular flexibility index (Phi) is 8.12. The molecule has 38 heavy (non-hydrogen) atoms. The molecule has 3 aromatic carbocycles. The number of benzene rings is 3. The van der Waals surface area contributed by atoms with Crippen LogP contribution in [0.15, 0.2) is 71.3 Å². The Balaban J connectivity index is 1.21. The summed E-state index contributed by atoms with van der Waals surface area (Å²) >= 11 is 12.3. The van der Waals surface area contributed by atoms with Gasteiger partial charge < -0.3 is 9.84 Å². The van der Waals surface area contributed by atoms with Crippen LogP contribution in [0.4, 0.5) is 0 Å². The molecule has 0 spiro atoms. The summed E-state index contributed by atoms with van der Waals surface area (Å²) < 4.78 is 5.48. The number of nitrogens with zero attached hydrogens (tertiary/aromatic N) is 3. The summed E-state index contributed by atoms with van der Waals surface area (Å²) in [6.07, 6.45) is 1.54. The van der Waals surface area contributed by atoms with E-state index in [1.165, 1.54) is 11.1 Å². The summed E-state index contributed by atoms with van der Waals surface area (Å²) in [5, 5.41) is 8.47. The Morgan fingerprint density at radius 2 is 1.82 bits per heavy atom. The molecule has 0 aliphatic carbocycles. The highest BCUT2D eigenvalue weighted by Gasteiger charge is 2.28. The highest BCUT2D eigenvalue weighted by molar-refractivity contribution is 6.36. The first kappa shape index (κ1) is 26.4. The van der Waals surface area contributed by atoms with Crippen LogP contribution in [0.25, 0.3) is 11.4 Å². The van der Waals surface area contributed by atoms with Crippen molar-refractivity contribution in [2.45, 2.75) is 39.3 Å². The van der Waals surface area contributed by atoms with Crippen LogP contribution in [-0.4, -0.2) is 34.0 Å². The van der Waals surface area contributed by atoms with E-state index >= 15 is 0 Å². The van der Waals surface area contributed by atoms with E-state index in [9.17, 15) is 4.79 Å². The first-order chi connectivity index (χ1) is 18.4. The van der Waals surface area contributed by atoms with E-state index in [-0.39, 0.29) is 17.9 Å². The van der Waals surface area contributed by atoms with E-state index in [1.807, 2.05) is 18.2 Å². The molecule has 1 unspecified atom stereocenters. The maximum absolute atomic E-state index is 13.4. The van der Waals surface area contributed by atoms with Crippen molar-refractivity contribution < 1.29 is 9.32 Å². The first-order valence-electron chi connectivity index (χ1n) is 12.8. The highest BCUT2D eigenvalue weighted by atomic mass is 35.5. The molecule has 0 radical (unpaired) electrons. The molecule has 1 amide bonds. The maximum atomic E-state index is 13.4. The van der Waals surface area contributed by atoms with Crippen LogP contribution < -0.4 is 5.32 Å². The molecule has 1 saturated heterocycles. The third kappa shape index (κ3) is 6.09. The van der Waals surface area contributed by atoms with Crippen LogP contribution in [0.2, 0.25) is 10.0 Å². The number of rotatable bonds is 7. The highest BCUT2D eigenvalue weighted by Crippen LogP contribution is 2.30. The second-order valence-electron chi connectivity index (χ2n) is 9.90. The van der Waals surface area contributed by atoms with Crippen molar-refractivity contribution in [1.29, 1.82) is 0 Å². The molecule has 6 nitrogen and oxygen atoms in total. The van der Waals surface area contributed by atoms with Crippen LogP contribution in [-0.2, 0) is 11.3 Å². The lowest BCUT2D eigenvalue weighted by atomic mass is 9.91. The molecule has 1 aliphatic rings. The average Bonchev–Trinajstić information content (AvgIpc) is 3.36. The molecule has 2 heterocycles. The van der Waals surface area contributed by atoms with Gasteiger partial charge in [-0.05, 0) is 74.7 Å². The van der Waals surface area contributed by atoms with E-state index in [4.69, 9.17) is 27.7 Å². The van der Waals surface area contributed by atoms with E-state index in [2.05, 4.69) is 64.5 Å². The Bertz CT molecular complexity index is 1420. The minimum absolute atomic E-state index is 0.0469. The van der Waals surface area contributed by atoms with Gasteiger partial charge in [-0.25, -0.2) is 0 Å². The lowest BCUT2D eigenvalue weighted by Crippen LogP contribution is -2.41. The normalized spacial score (nSPS) is 15.4. The molecule has 8 heteroatoms. The predicted molar refractivity (Wildman–Crippen MR) is 150 cm³/mol. The zero-order valence-electron chi connectivity index (χ0n) is 21.5. The number of piperidine rings is 1. The number of carbonyl (C=O) groups excluding carboxylic acids is 1. The smallest absolute Gasteiger partial charge is 0.241 e. The molecule has 1 fully saturated rings. The molecular formula is C30H30Cl2N4O2. The second kappa shape index (κ2) is 11.7. The van der Waals surface area contributed by atoms with E-state index in [0.717, 1.165) is 37.1 Å². The van der Waals surface area contributed by atoms with Gasteiger partial charge in [-0.1, -0.05) is 82.5 Å². The molecular weight excluding hydrogens is 519 g/mol. The van der Waals surface area contributed by atoms with Crippen molar-refractivity contribution in [3.63, 3.8) is 0 Å². The molecule has 1 N–H and O–H groups in total. The van der Waals surface area contributed by atoms with Gasteiger partial charge in [0.25, 0.3) is 0 Å². The SMILES string of the molecule is Cc1ccc(C(NC(=O)C2CCN(Cc3nc(-c4ccc(Cl)cc4Cl)no3)CC2)c2ccccc2)c(C)c1. The van der Waals surface area contributed by atoms with Gasteiger partial charge in [-0.15, -0.1) is 0 Å². The standard InChI is InChI=1S/C30H30Cl2N4O2/c1-19-8-10-24(20(2)16-19)28(21-6-4-3-5-7-21)34-30(37)22-12-14-36(15-13-22)18-27-33-29(35-38-27)25-11-9-23(31)17-26(25)32/h3-11,16-17,22,28H,12-15,18H2,1-2H3,(H,34,37). The second-order valence-corrected chi connectivity index (χ2v) is 10.7. The molecule has 1 atom stereocenters. The van der Waals surface area contributed by atoms with Crippen molar-refractivity contribution in [2.24, 2.45) is 5.92 Å². The number of carbonyl (C=O) groups is 1.